The zero-order valence-corrected chi connectivity index (χ0v) is 15.9. The van der Waals surface area contributed by atoms with Crippen LogP contribution in [0.4, 0.5) is 28.9 Å². The molecule has 1 unspecified atom stereocenters. The second-order valence-corrected chi connectivity index (χ2v) is 7.06. The quantitative estimate of drug-likeness (QED) is 0.556. The van der Waals surface area contributed by atoms with Crippen LogP contribution < -0.4 is 10.2 Å². The fraction of sp³-hybridized carbons (Fsp3) is 0.286. The molecule has 30 heavy (non-hydrogen) atoms. The lowest BCUT2D eigenvalue weighted by Gasteiger charge is -2.41. The van der Waals surface area contributed by atoms with Crippen molar-refractivity contribution in [2.45, 2.75) is 19.1 Å². The Hall–Kier alpha value is -3.23. The highest BCUT2D eigenvalue weighted by Gasteiger charge is 2.37. The third-order valence-corrected chi connectivity index (χ3v) is 5.22. The molecular weight excluding hydrogens is 404 g/mol. The van der Waals surface area contributed by atoms with E-state index in [1.54, 1.807) is 11.8 Å². The molecule has 9 heteroatoms. The number of esters is 1. The van der Waals surface area contributed by atoms with E-state index in [0.29, 0.717) is 16.8 Å². The van der Waals surface area contributed by atoms with Gasteiger partial charge >= 0.3 is 12.1 Å². The minimum atomic E-state index is -4.45. The molecule has 0 aromatic heterocycles. The summed E-state index contributed by atoms with van der Waals surface area (Å²) in [5.41, 5.74) is 0.636. The van der Waals surface area contributed by atoms with E-state index in [4.69, 9.17) is 4.74 Å². The van der Waals surface area contributed by atoms with Gasteiger partial charge < -0.3 is 20.1 Å². The molecule has 4 rings (SSSR count). The SMILES string of the molecule is CCOC(=O)C1=C(O)c2ccc(F)c3c2N(C1)CC(c1ccc(C(F)(F)F)cc1)N3. The molecule has 1 atom stereocenters. The summed E-state index contributed by atoms with van der Waals surface area (Å²) in [6.07, 6.45) is -4.45. The van der Waals surface area contributed by atoms with Crippen LogP contribution in [0.15, 0.2) is 42.0 Å². The van der Waals surface area contributed by atoms with Crippen LogP contribution in [0.2, 0.25) is 0 Å². The van der Waals surface area contributed by atoms with Gasteiger partial charge in [0.25, 0.3) is 0 Å². The number of carbonyl (C=O) groups excluding carboxylic acids is 1. The van der Waals surface area contributed by atoms with Gasteiger partial charge in [0, 0.05) is 12.1 Å². The second-order valence-electron chi connectivity index (χ2n) is 7.06. The summed E-state index contributed by atoms with van der Waals surface area (Å²) in [6, 6.07) is 6.67. The maximum atomic E-state index is 14.6. The average Bonchev–Trinajstić information content (AvgIpc) is 2.71. The molecule has 0 spiro atoms. The Balaban J connectivity index is 1.72. The average molecular weight is 422 g/mol. The van der Waals surface area contributed by atoms with Crippen molar-refractivity contribution in [2.75, 3.05) is 29.9 Å². The number of anilines is 2. The molecule has 0 fully saturated rings. The van der Waals surface area contributed by atoms with Crippen LogP contribution in [0.5, 0.6) is 0 Å². The number of hydrogen-bond acceptors (Lipinski definition) is 5. The minimum Gasteiger partial charge on any atom is -0.507 e. The highest BCUT2D eigenvalue weighted by molar-refractivity contribution is 6.02. The van der Waals surface area contributed by atoms with E-state index in [-0.39, 0.29) is 36.7 Å². The number of aliphatic hydroxyl groups is 1. The smallest absolute Gasteiger partial charge is 0.416 e. The first-order chi connectivity index (χ1) is 14.2. The first kappa shape index (κ1) is 20.1. The number of halogens is 4. The van der Waals surface area contributed by atoms with Gasteiger partial charge in [-0.2, -0.15) is 13.2 Å². The molecule has 0 saturated carbocycles. The third kappa shape index (κ3) is 3.34. The van der Waals surface area contributed by atoms with Crippen molar-refractivity contribution in [3.05, 3.63) is 64.5 Å². The monoisotopic (exact) mass is 422 g/mol. The van der Waals surface area contributed by atoms with E-state index in [0.717, 1.165) is 12.1 Å². The summed E-state index contributed by atoms with van der Waals surface area (Å²) in [7, 11) is 0. The predicted octanol–water partition coefficient (Wildman–Crippen LogP) is 4.66. The Morgan fingerprint density at radius 1 is 1.23 bits per heavy atom. The number of alkyl halides is 3. The fourth-order valence-electron chi connectivity index (χ4n) is 3.80. The molecule has 2 aromatic carbocycles. The van der Waals surface area contributed by atoms with Gasteiger partial charge in [-0.25, -0.2) is 9.18 Å². The number of aliphatic hydroxyl groups excluding tert-OH is 1. The maximum Gasteiger partial charge on any atom is 0.416 e. The van der Waals surface area contributed by atoms with Crippen LogP contribution in [0.1, 0.15) is 29.7 Å². The van der Waals surface area contributed by atoms with Gasteiger partial charge in [0.2, 0.25) is 0 Å². The number of benzene rings is 2. The molecule has 5 nitrogen and oxygen atoms in total. The van der Waals surface area contributed by atoms with Crippen LogP contribution in [0.3, 0.4) is 0 Å². The van der Waals surface area contributed by atoms with E-state index in [9.17, 15) is 27.5 Å². The number of nitrogens with zero attached hydrogens (tertiary/aromatic N) is 1. The van der Waals surface area contributed by atoms with Gasteiger partial charge in [-0.15, -0.1) is 0 Å². The molecular formula is C21H18F4N2O3. The van der Waals surface area contributed by atoms with Gasteiger partial charge in [0.1, 0.15) is 11.6 Å². The normalized spacial score (nSPS) is 18.0. The highest BCUT2D eigenvalue weighted by Crippen LogP contribution is 2.45. The number of ether oxygens (including phenoxy) is 1. The number of nitrogens with one attached hydrogen (secondary N) is 1. The Labute approximate surface area is 169 Å². The molecule has 0 saturated heterocycles. The highest BCUT2D eigenvalue weighted by atomic mass is 19.4. The molecule has 2 aromatic rings. The Morgan fingerprint density at radius 3 is 2.57 bits per heavy atom. The van der Waals surface area contributed by atoms with Crippen LogP contribution >= 0.6 is 0 Å². The Kier molecular flexibility index (Phi) is 4.83. The van der Waals surface area contributed by atoms with Crippen molar-refractivity contribution in [2.24, 2.45) is 0 Å². The van der Waals surface area contributed by atoms with Crippen LogP contribution in [-0.2, 0) is 15.7 Å². The molecule has 2 N–H and O–H groups in total. The molecule has 0 radical (unpaired) electrons. The molecule has 2 aliphatic rings. The first-order valence-electron chi connectivity index (χ1n) is 9.31. The van der Waals surface area contributed by atoms with E-state index in [1.807, 2.05) is 0 Å². The summed E-state index contributed by atoms with van der Waals surface area (Å²) in [5, 5.41) is 13.6. The second kappa shape index (κ2) is 7.23. The molecule has 0 amide bonds. The topological polar surface area (TPSA) is 61.8 Å². The fourth-order valence-corrected chi connectivity index (χ4v) is 3.80. The summed E-state index contributed by atoms with van der Waals surface area (Å²) < 4.78 is 58.1. The van der Waals surface area contributed by atoms with Gasteiger partial charge in [0.05, 0.1) is 41.7 Å². The first-order valence-corrected chi connectivity index (χ1v) is 9.31. The zero-order chi connectivity index (χ0) is 21.6. The summed E-state index contributed by atoms with van der Waals surface area (Å²) in [4.78, 5) is 14.0. The van der Waals surface area contributed by atoms with Crippen LogP contribution in [0.25, 0.3) is 5.76 Å². The summed E-state index contributed by atoms with van der Waals surface area (Å²) >= 11 is 0. The lowest BCUT2D eigenvalue weighted by Crippen LogP contribution is -2.42. The van der Waals surface area contributed by atoms with Gasteiger partial charge in [0.15, 0.2) is 0 Å². The molecule has 0 aliphatic carbocycles. The van der Waals surface area contributed by atoms with E-state index >= 15 is 0 Å². The van der Waals surface area contributed by atoms with Crippen molar-refractivity contribution < 1.29 is 32.2 Å². The molecule has 2 heterocycles. The number of hydrogen-bond donors (Lipinski definition) is 2. The van der Waals surface area contributed by atoms with E-state index in [1.165, 1.54) is 24.3 Å². The number of carbonyl (C=O) groups is 1. The molecule has 0 bridgehead atoms. The van der Waals surface area contributed by atoms with E-state index in [2.05, 4.69) is 5.32 Å². The van der Waals surface area contributed by atoms with Gasteiger partial charge in [-0.05, 0) is 36.8 Å². The Bertz CT molecular complexity index is 1030. The largest absolute Gasteiger partial charge is 0.507 e. The van der Waals surface area contributed by atoms with Crippen LogP contribution in [0, 0.1) is 5.82 Å². The summed E-state index contributed by atoms with van der Waals surface area (Å²) in [6.45, 7) is 2.02. The van der Waals surface area contributed by atoms with Crippen molar-refractivity contribution in [1.82, 2.24) is 0 Å². The maximum absolute atomic E-state index is 14.6. The van der Waals surface area contributed by atoms with Gasteiger partial charge in [-0.1, -0.05) is 12.1 Å². The third-order valence-electron chi connectivity index (χ3n) is 5.22. The lowest BCUT2D eigenvalue weighted by molar-refractivity contribution is -0.139. The molecule has 2 aliphatic heterocycles. The van der Waals surface area contributed by atoms with Crippen molar-refractivity contribution in [3.63, 3.8) is 0 Å². The van der Waals surface area contributed by atoms with Gasteiger partial charge in [-0.3, -0.25) is 0 Å². The van der Waals surface area contributed by atoms with Crippen molar-refractivity contribution in [3.8, 4) is 0 Å². The zero-order valence-electron chi connectivity index (χ0n) is 15.9. The van der Waals surface area contributed by atoms with Crippen molar-refractivity contribution >= 4 is 23.1 Å². The Morgan fingerprint density at radius 2 is 1.93 bits per heavy atom. The predicted molar refractivity (Wildman–Crippen MR) is 103 cm³/mol. The minimum absolute atomic E-state index is 0.00701. The summed E-state index contributed by atoms with van der Waals surface area (Å²) in [5.74, 6) is -1.50. The number of rotatable bonds is 3. The molecule has 158 valence electrons. The van der Waals surface area contributed by atoms with Crippen molar-refractivity contribution in [1.29, 1.82) is 0 Å². The standard InChI is InChI=1S/C21H18F4N2O3/c1-2-30-20(29)14-9-27-10-16(11-3-5-12(6-4-11)21(23,24)25)26-17-15(22)8-7-13(18(17)27)19(14)28/h3-8,16,26,28H,2,9-10H2,1H3. The lowest BCUT2D eigenvalue weighted by atomic mass is 9.93. The van der Waals surface area contributed by atoms with E-state index < -0.39 is 29.6 Å². The van der Waals surface area contributed by atoms with Crippen LogP contribution in [-0.4, -0.2) is 30.8 Å².